The van der Waals surface area contributed by atoms with Crippen molar-refractivity contribution in [2.45, 2.75) is 64.5 Å². The number of oxime groups is 1. The van der Waals surface area contributed by atoms with Crippen molar-refractivity contribution < 1.29 is 19.5 Å². The smallest absolute Gasteiger partial charge is 0.317 e. The molecule has 9 nitrogen and oxygen atoms in total. The fraction of sp³-hybridized carbons (Fsp3) is 0.640. The van der Waals surface area contributed by atoms with Crippen LogP contribution in [0.25, 0.3) is 0 Å². The van der Waals surface area contributed by atoms with E-state index in [9.17, 15) is 4.79 Å². The van der Waals surface area contributed by atoms with Crippen LogP contribution in [0, 0.1) is 0 Å². The number of benzene rings is 1. The van der Waals surface area contributed by atoms with Crippen molar-refractivity contribution >= 4 is 17.9 Å². The molecule has 1 aromatic rings. The first-order chi connectivity index (χ1) is 16.3. The van der Waals surface area contributed by atoms with Crippen molar-refractivity contribution in [2.24, 2.45) is 10.3 Å². The molecule has 3 heterocycles. The summed E-state index contributed by atoms with van der Waals surface area (Å²) in [6.07, 6.45) is 3.08. The largest absolute Gasteiger partial charge is 0.480 e. The van der Waals surface area contributed by atoms with Gasteiger partial charge in [0.15, 0.2) is 0 Å². The maximum atomic E-state index is 11.1. The Hall–Kier alpha value is -2.49. The van der Waals surface area contributed by atoms with Gasteiger partial charge in [0, 0.05) is 38.1 Å². The quantitative estimate of drug-likeness (QED) is 0.609. The molecule has 2 fully saturated rings. The van der Waals surface area contributed by atoms with Gasteiger partial charge in [0.2, 0.25) is 0 Å². The van der Waals surface area contributed by atoms with E-state index in [1.807, 2.05) is 6.21 Å². The van der Waals surface area contributed by atoms with E-state index in [0.717, 1.165) is 56.0 Å². The summed E-state index contributed by atoms with van der Waals surface area (Å²) in [6.45, 7) is 12.5. The van der Waals surface area contributed by atoms with Crippen LogP contribution in [0.15, 0.2) is 34.5 Å². The number of rotatable bonds is 7. The lowest BCUT2D eigenvalue weighted by molar-refractivity contribution is -0.140. The van der Waals surface area contributed by atoms with E-state index >= 15 is 0 Å². The van der Waals surface area contributed by atoms with Crippen LogP contribution in [0.5, 0.6) is 0 Å². The van der Waals surface area contributed by atoms with Crippen molar-refractivity contribution in [3.8, 4) is 0 Å². The van der Waals surface area contributed by atoms with Crippen LogP contribution < -0.4 is 0 Å². The Morgan fingerprint density at radius 2 is 1.74 bits per heavy atom. The molecule has 34 heavy (non-hydrogen) atoms. The minimum atomic E-state index is -0.771. The third-order valence-electron chi connectivity index (χ3n) is 6.70. The molecule has 0 bridgehead atoms. The second-order valence-electron chi connectivity index (χ2n) is 9.95. The summed E-state index contributed by atoms with van der Waals surface area (Å²) in [5.74, 6) is -0.771. The van der Waals surface area contributed by atoms with Gasteiger partial charge in [0.25, 0.3) is 0 Å². The molecule has 5 atom stereocenters. The number of carboxylic acid groups (broad SMARTS) is 1. The van der Waals surface area contributed by atoms with Gasteiger partial charge in [-0.2, -0.15) is 5.10 Å². The van der Waals surface area contributed by atoms with Crippen LogP contribution in [-0.2, 0) is 14.4 Å². The van der Waals surface area contributed by atoms with Crippen molar-refractivity contribution in [3.63, 3.8) is 0 Å². The average Bonchev–Trinajstić information content (AvgIpc) is 3.23. The Bertz CT molecular complexity index is 883. The number of piperazine rings is 1. The maximum absolute atomic E-state index is 11.1. The molecule has 186 valence electrons. The molecule has 0 saturated carbocycles. The highest BCUT2D eigenvalue weighted by Crippen LogP contribution is 2.21. The highest BCUT2D eigenvalue weighted by atomic mass is 16.6. The van der Waals surface area contributed by atoms with E-state index in [1.54, 1.807) is 0 Å². The first-order valence-corrected chi connectivity index (χ1v) is 12.2. The molecule has 3 aliphatic rings. The fourth-order valence-corrected chi connectivity index (χ4v) is 5.22. The van der Waals surface area contributed by atoms with Crippen LogP contribution in [0.2, 0.25) is 0 Å². The summed E-state index contributed by atoms with van der Waals surface area (Å²) in [4.78, 5) is 21.3. The van der Waals surface area contributed by atoms with Gasteiger partial charge in [0.05, 0.1) is 43.8 Å². The van der Waals surface area contributed by atoms with E-state index in [2.05, 4.69) is 77.0 Å². The first-order valence-electron chi connectivity index (χ1n) is 12.2. The summed E-state index contributed by atoms with van der Waals surface area (Å²) < 4.78 is 5.76. The number of ether oxygens (including phenoxy) is 1. The van der Waals surface area contributed by atoms with Gasteiger partial charge in [-0.15, -0.1) is 0 Å². The number of nitrogens with zero attached hydrogens (tertiary/aromatic N) is 5. The van der Waals surface area contributed by atoms with Crippen molar-refractivity contribution in [3.05, 3.63) is 35.4 Å². The zero-order valence-electron chi connectivity index (χ0n) is 20.6. The van der Waals surface area contributed by atoms with Crippen LogP contribution >= 0.6 is 0 Å². The lowest BCUT2D eigenvalue weighted by Crippen LogP contribution is -2.58. The molecule has 1 N–H and O–H groups in total. The van der Waals surface area contributed by atoms with Gasteiger partial charge in [-0.1, -0.05) is 29.4 Å². The monoisotopic (exact) mass is 471 g/mol. The van der Waals surface area contributed by atoms with Crippen molar-refractivity contribution in [1.82, 2.24) is 14.8 Å². The molecule has 9 heteroatoms. The van der Waals surface area contributed by atoms with Crippen LogP contribution in [0.1, 0.15) is 45.2 Å². The minimum Gasteiger partial charge on any atom is -0.480 e. The normalized spacial score (nSPS) is 31.0. The summed E-state index contributed by atoms with van der Waals surface area (Å²) in [6, 6.07) is 8.66. The third kappa shape index (κ3) is 6.34. The molecular weight excluding hydrogens is 434 g/mol. The lowest BCUT2D eigenvalue weighted by atomic mass is 10.0. The maximum Gasteiger partial charge on any atom is 0.317 e. The molecule has 0 aliphatic carbocycles. The molecule has 2 saturated heterocycles. The number of carbonyl (C=O) groups is 1. The van der Waals surface area contributed by atoms with Gasteiger partial charge < -0.3 is 14.7 Å². The summed E-state index contributed by atoms with van der Waals surface area (Å²) in [5, 5.41) is 20.2. The number of carboxylic acids is 1. The highest BCUT2D eigenvalue weighted by Gasteiger charge is 2.33. The van der Waals surface area contributed by atoms with Gasteiger partial charge in [-0.25, -0.2) is 0 Å². The van der Waals surface area contributed by atoms with E-state index in [4.69, 9.17) is 14.7 Å². The van der Waals surface area contributed by atoms with Crippen LogP contribution in [0.3, 0.4) is 0 Å². The SMILES string of the molecule is CC1CN(/N=C/c2ccc(C3=NOC(CN4CC(C)N(CC(=O)O)C(C)C4)C3)cc2)CC(C)O1. The minimum absolute atomic E-state index is 0.0203. The Labute approximate surface area is 202 Å². The Morgan fingerprint density at radius 3 is 2.35 bits per heavy atom. The molecule has 1 aromatic carbocycles. The molecule has 0 radical (unpaired) electrons. The number of aliphatic carboxylic acids is 1. The number of hydrogen-bond acceptors (Lipinski definition) is 8. The van der Waals surface area contributed by atoms with E-state index in [1.165, 1.54) is 0 Å². The molecule has 5 unspecified atom stereocenters. The number of hydrogen-bond donors (Lipinski definition) is 1. The summed E-state index contributed by atoms with van der Waals surface area (Å²) in [5.41, 5.74) is 3.09. The third-order valence-corrected chi connectivity index (χ3v) is 6.70. The molecular formula is C25H37N5O4. The number of morpholine rings is 1. The molecule has 0 amide bonds. The molecule has 3 aliphatic heterocycles. The van der Waals surface area contributed by atoms with Gasteiger partial charge in [-0.3, -0.25) is 19.6 Å². The Balaban J connectivity index is 1.26. The van der Waals surface area contributed by atoms with Crippen molar-refractivity contribution in [1.29, 1.82) is 0 Å². The van der Waals surface area contributed by atoms with Crippen LogP contribution in [0.4, 0.5) is 0 Å². The zero-order valence-corrected chi connectivity index (χ0v) is 20.6. The standard InChI is InChI=1S/C25H37N5O4/c1-17-11-28(12-18(2)30(17)16-25(31)32)15-23-9-24(27-34-23)22-7-5-21(6-8-22)10-26-29-13-19(3)33-20(4)14-29/h5-8,10,17-20,23H,9,11-16H2,1-4H3,(H,31,32)/b26-10+. The zero-order chi connectivity index (χ0) is 24.2. The van der Waals surface area contributed by atoms with Gasteiger partial charge in [0.1, 0.15) is 6.10 Å². The fourth-order valence-electron chi connectivity index (χ4n) is 5.22. The number of hydrazone groups is 1. The predicted molar refractivity (Wildman–Crippen MR) is 131 cm³/mol. The second-order valence-corrected chi connectivity index (χ2v) is 9.95. The van der Waals surface area contributed by atoms with Gasteiger partial charge >= 0.3 is 5.97 Å². The topological polar surface area (TPSA) is 90.2 Å². The first kappa shape index (κ1) is 24.6. The van der Waals surface area contributed by atoms with E-state index in [-0.39, 0.29) is 36.9 Å². The van der Waals surface area contributed by atoms with E-state index < -0.39 is 5.97 Å². The Kier molecular flexibility index (Phi) is 7.85. The molecule has 4 rings (SSSR count). The summed E-state index contributed by atoms with van der Waals surface area (Å²) in [7, 11) is 0. The predicted octanol–water partition coefficient (Wildman–Crippen LogP) is 2.10. The van der Waals surface area contributed by atoms with E-state index in [0.29, 0.717) is 0 Å². The lowest BCUT2D eigenvalue weighted by Gasteiger charge is -2.44. The van der Waals surface area contributed by atoms with Crippen LogP contribution in [-0.4, -0.2) is 107 Å². The second kappa shape index (κ2) is 10.8. The Morgan fingerprint density at radius 1 is 1.09 bits per heavy atom. The highest BCUT2D eigenvalue weighted by molar-refractivity contribution is 6.01. The average molecular weight is 472 g/mol. The molecule has 0 aromatic heterocycles. The van der Waals surface area contributed by atoms with Gasteiger partial charge in [-0.05, 0) is 38.8 Å². The summed E-state index contributed by atoms with van der Waals surface area (Å²) >= 11 is 0. The van der Waals surface area contributed by atoms with Crippen molar-refractivity contribution in [2.75, 3.05) is 39.3 Å². The molecule has 0 spiro atoms.